The molecule has 8 heteroatoms. The Morgan fingerprint density at radius 1 is 1.25 bits per heavy atom. The quantitative estimate of drug-likeness (QED) is 0.561. The van der Waals surface area contributed by atoms with E-state index in [9.17, 15) is 14.4 Å². The molecular formula is C16H23N5O3. The molecule has 0 aromatic carbocycles. The lowest BCUT2D eigenvalue weighted by atomic mass is 10.0. The Morgan fingerprint density at radius 2 is 1.88 bits per heavy atom. The Kier molecular flexibility index (Phi) is 7.19. The van der Waals surface area contributed by atoms with Gasteiger partial charge in [0.25, 0.3) is 11.8 Å². The molecule has 0 aliphatic heterocycles. The first-order chi connectivity index (χ1) is 11.3. The summed E-state index contributed by atoms with van der Waals surface area (Å²) in [6.07, 6.45) is 3.93. The summed E-state index contributed by atoms with van der Waals surface area (Å²) in [5, 5.41) is 2.49. The molecule has 0 aliphatic rings. The third kappa shape index (κ3) is 6.25. The van der Waals surface area contributed by atoms with Crippen molar-refractivity contribution in [2.24, 2.45) is 16.5 Å². The highest BCUT2D eigenvalue weighted by Gasteiger charge is 2.28. The summed E-state index contributed by atoms with van der Waals surface area (Å²) in [5.74, 6) is -1.74. The van der Waals surface area contributed by atoms with Gasteiger partial charge in [-0.1, -0.05) is 0 Å². The van der Waals surface area contributed by atoms with Gasteiger partial charge in [-0.15, -0.1) is 0 Å². The zero-order valence-electron chi connectivity index (χ0n) is 13.9. The number of carbonyl (C=O) groups is 3. The smallest absolute Gasteiger partial charge is 0.266 e. The molecule has 5 N–H and O–H groups in total. The van der Waals surface area contributed by atoms with Gasteiger partial charge in [-0.3, -0.25) is 19.4 Å². The summed E-state index contributed by atoms with van der Waals surface area (Å²) < 4.78 is 0. The van der Waals surface area contributed by atoms with Crippen molar-refractivity contribution in [3.63, 3.8) is 0 Å². The van der Waals surface area contributed by atoms with E-state index in [1.165, 1.54) is 13.8 Å². The number of hydrogen-bond donors (Lipinski definition) is 3. The van der Waals surface area contributed by atoms with Gasteiger partial charge in [0.15, 0.2) is 0 Å². The van der Waals surface area contributed by atoms with E-state index >= 15 is 0 Å². The van der Waals surface area contributed by atoms with Gasteiger partial charge in [0, 0.05) is 12.4 Å². The van der Waals surface area contributed by atoms with Crippen molar-refractivity contribution < 1.29 is 14.4 Å². The number of aromatic nitrogens is 1. The molecule has 0 saturated heterocycles. The van der Waals surface area contributed by atoms with E-state index in [1.807, 2.05) is 0 Å². The number of carbonyl (C=O) groups excluding carboxylic acids is 3. The van der Waals surface area contributed by atoms with Gasteiger partial charge in [0.2, 0.25) is 5.91 Å². The van der Waals surface area contributed by atoms with Gasteiger partial charge < -0.3 is 16.8 Å². The van der Waals surface area contributed by atoms with Crippen LogP contribution in [0.25, 0.3) is 0 Å². The normalized spacial score (nSPS) is 11.9. The molecule has 130 valence electrons. The molecule has 24 heavy (non-hydrogen) atoms. The maximum Gasteiger partial charge on any atom is 0.266 e. The summed E-state index contributed by atoms with van der Waals surface area (Å²) in [7, 11) is 0. The van der Waals surface area contributed by atoms with Crippen LogP contribution in [0.5, 0.6) is 0 Å². The third-order valence-electron chi connectivity index (χ3n) is 3.29. The number of pyridine rings is 1. The number of nitrogens with zero attached hydrogens (tertiary/aromatic N) is 2. The van der Waals surface area contributed by atoms with E-state index in [0.717, 1.165) is 5.56 Å². The Labute approximate surface area is 140 Å². The average Bonchev–Trinajstić information content (AvgIpc) is 2.51. The Bertz CT molecular complexity index is 626. The van der Waals surface area contributed by atoms with E-state index in [0.29, 0.717) is 13.0 Å². The van der Waals surface area contributed by atoms with Crippen LogP contribution in [0.1, 0.15) is 32.3 Å². The summed E-state index contributed by atoms with van der Waals surface area (Å²) in [5.41, 5.74) is 10.2. The predicted octanol–water partition coefficient (Wildman–Crippen LogP) is -0.289. The van der Waals surface area contributed by atoms with Gasteiger partial charge in [0.05, 0.1) is 6.42 Å². The van der Waals surface area contributed by atoms with Crippen LogP contribution in [0.3, 0.4) is 0 Å². The monoisotopic (exact) mass is 333 g/mol. The lowest BCUT2D eigenvalue weighted by molar-refractivity contribution is -0.127. The summed E-state index contributed by atoms with van der Waals surface area (Å²) in [4.78, 5) is 43.5. The number of rotatable bonds is 8. The molecule has 0 aliphatic carbocycles. The lowest BCUT2D eigenvalue weighted by Gasteiger charge is -2.22. The van der Waals surface area contributed by atoms with E-state index in [2.05, 4.69) is 15.3 Å². The Balaban J connectivity index is 2.88. The maximum absolute atomic E-state index is 12.3. The fraction of sp³-hybridized carbons (Fsp3) is 0.438. The number of nitrogens with two attached hydrogens (primary N) is 2. The summed E-state index contributed by atoms with van der Waals surface area (Å²) >= 11 is 0. The van der Waals surface area contributed by atoms with Crippen LogP contribution in [-0.4, -0.2) is 40.5 Å². The molecule has 8 nitrogen and oxygen atoms in total. The molecule has 0 bridgehead atoms. The van der Waals surface area contributed by atoms with E-state index in [1.54, 1.807) is 24.5 Å². The van der Waals surface area contributed by atoms with Crippen molar-refractivity contribution in [2.45, 2.75) is 38.6 Å². The van der Waals surface area contributed by atoms with E-state index in [-0.39, 0.29) is 18.6 Å². The van der Waals surface area contributed by atoms with Crippen LogP contribution in [-0.2, 0) is 20.8 Å². The standard InChI is InChI=1S/C16H23N5O3/c1-16(2,15(18)24)21-14(23)12(4-3-7-17)20-13(22)10-11-5-8-19-9-6-11/h5-6,8-9H,3-4,7,10,17H2,1-2H3,(H2,18,24)(H,21,23). The summed E-state index contributed by atoms with van der Waals surface area (Å²) in [6, 6.07) is 3.40. The van der Waals surface area contributed by atoms with Crippen molar-refractivity contribution in [3.8, 4) is 0 Å². The van der Waals surface area contributed by atoms with Gasteiger partial charge >= 0.3 is 0 Å². The van der Waals surface area contributed by atoms with Crippen LogP contribution in [0.4, 0.5) is 0 Å². The number of primary amides is 1. The first kappa shape index (κ1) is 19.4. The minimum atomic E-state index is -1.24. The van der Waals surface area contributed by atoms with Crippen molar-refractivity contribution in [3.05, 3.63) is 30.1 Å². The van der Waals surface area contributed by atoms with Gasteiger partial charge in [-0.2, -0.15) is 0 Å². The second kappa shape index (κ2) is 8.88. The number of nitrogens with one attached hydrogen (secondary N) is 1. The zero-order chi connectivity index (χ0) is 18.2. The molecule has 1 rings (SSSR count). The van der Waals surface area contributed by atoms with Crippen LogP contribution in [0.2, 0.25) is 0 Å². The zero-order valence-corrected chi connectivity index (χ0v) is 13.9. The second-order valence-electron chi connectivity index (χ2n) is 5.82. The topological polar surface area (TPSA) is 141 Å². The Morgan fingerprint density at radius 3 is 2.42 bits per heavy atom. The lowest BCUT2D eigenvalue weighted by Crippen LogP contribution is -2.54. The molecule has 0 radical (unpaired) electrons. The fourth-order valence-electron chi connectivity index (χ4n) is 1.77. The van der Waals surface area contributed by atoms with Gasteiger partial charge in [0.1, 0.15) is 11.3 Å². The molecule has 1 heterocycles. The molecule has 1 aromatic rings. The molecule has 0 unspecified atom stereocenters. The van der Waals surface area contributed by atoms with Gasteiger partial charge in [-0.05, 0) is 50.9 Å². The molecule has 0 spiro atoms. The highest BCUT2D eigenvalue weighted by Crippen LogP contribution is 2.04. The minimum absolute atomic E-state index is 0.0360. The van der Waals surface area contributed by atoms with Crippen molar-refractivity contribution in [1.82, 2.24) is 10.3 Å². The Hall–Kier alpha value is -2.61. The maximum atomic E-state index is 12.3. The van der Waals surface area contributed by atoms with Crippen molar-refractivity contribution >= 4 is 23.4 Å². The molecular weight excluding hydrogens is 310 g/mol. The predicted molar refractivity (Wildman–Crippen MR) is 90.1 cm³/mol. The number of amides is 3. The molecule has 1 aromatic heterocycles. The number of aliphatic imine (C=N–C) groups is 1. The van der Waals surface area contributed by atoms with Crippen LogP contribution in [0, 0.1) is 0 Å². The second-order valence-corrected chi connectivity index (χ2v) is 5.82. The average molecular weight is 333 g/mol. The van der Waals surface area contributed by atoms with Crippen molar-refractivity contribution in [2.75, 3.05) is 6.54 Å². The van der Waals surface area contributed by atoms with Crippen LogP contribution >= 0.6 is 0 Å². The first-order valence-corrected chi connectivity index (χ1v) is 7.58. The highest BCUT2D eigenvalue weighted by molar-refractivity contribution is 6.40. The summed E-state index contributed by atoms with van der Waals surface area (Å²) in [6.45, 7) is 3.31. The van der Waals surface area contributed by atoms with E-state index in [4.69, 9.17) is 11.5 Å². The fourth-order valence-corrected chi connectivity index (χ4v) is 1.77. The molecule has 3 amide bonds. The van der Waals surface area contributed by atoms with Crippen LogP contribution in [0.15, 0.2) is 29.5 Å². The number of hydrogen-bond acceptors (Lipinski definition) is 5. The van der Waals surface area contributed by atoms with Crippen molar-refractivity contribution in [1.29, 1.82) is 0 Å². The molecule has 0 atom stereocenters. The molecule has 0 fully saturated rings. The highest BCUT2D eigenvalue weighted by atomic mass is 16.2. The van der Waals surface area contributed by atoms with E-state index < -0.39 is 23.3 Å². The molecule has 0 saturated carbocycles. The van der Waals surface area contributed by atoms with Crippen LogP contribution < -0.4 is 16.8 Å². The third-order valence-corrected chi connectivity index (χ3v) is 3.29. The largest absolute Gasteiger partial charge is 0.368 e. The first-order valence-electron chi connectivity index (χ1n) is 7.58. The SMILES string of the molecule is CC(C)(NC(=O)C(CCCN)=NC(=O)Cc1ccncc1)C(N)=O. The minimum Gasteiger partial charge on any atom is -0.368 e. The van der Waals surface area contributed by atoms with Gasteiger partial charge in [-0.25, -0.2) is 4.99 Å².